The summed E-state index contributed by atoms with van der Waals surface area (Å²) >= 11 is 3.69. The lowest BCUT2D eigenvalue weighted by Gasteiger charge is -2.37. The smallest absolute Gasteiger partial charge is 0.312 e. The molecular formula is C29H39BrN2O6. The molecule has 1 aromatic carbocycles. The fraction of sp³-hybridized carbons (Fsp3) is 0.621. The van der Waals surface area contributed by atoms with E-state index in [-0.39, 0.29) is 36.4 Å². The number of aliphatic hydroxyl groups is 1. The van der Waals surface area contributed by atoms with Crippen LogP contribution in [0.2, 0.25) is 0 Å². The maximum absolute atomic E-state index is 14.6. The zero-order valence-electron chi connectivity index (χ0n) is 22.5. The molecule has 2 amide bonds. The minimum atomic E-state index is -1.12. The Bertz CT molecular complexity index is 1080. The number of alkyl halides is 1. The van der Waals surface area contributed by atoms with Gasteiger partial charge in [0, 0.05) is 30.2 Å². The molecule has 3 aliphatic rings. The molecule has 0 saturated carbocycles. The summed E-state index contributed by atoms with van der Waals surface area (Å²) in [5, 5.41) is 9.14. The fourth-order valence-corrected chi connectivity index (χ4v) is 7.44. The third kappa shape index (κ3) is 4.93. The zero-order chi connectivity index (χ0) is 27.6. The van der Waals surface area contributed by atoms with Gasteiger partial charge in [0.15, 0.2) is 0 Å². The molecule has 2 bridgehead atoms. The second-order valence-corrected chi connectivity index (χ2v) is 11.8. The number of fused-ring (bicyclic) bond motifs is 1. The van der Waals surface area contributed by atoms with Crippen LogP contribution in [0.5, 0.6) is 0 Å². The molecule has 3 unspecified atom stereocenters. The Labute approximate surface area is 233 Å². The number of anilines is 1. The highest BCUT2D eigenvalue weighted by Crippen LogP contribution is 2.60. The van der Waals surface area contributed by atoms with Crippen molar-refractivity contribution >= 4 is 39.4 Å². The number of carbonyl (C=O) groups is 3. The first kappa shape index (κ1) is 28.8. The van der Waals surface area contributed by atoms with E-state index in [9.17, 15) is 14.4 Å². The Kier molecular flexibility index (Phi) is 9.00. The molecule has 9 heteroatoms. The van der Waals surface area contributed by atoms with Gasteiger partial charge in [0.25, 0.3) is 5.91 Å². The number of benzene rings is 1. The SMILES string of the molecule is C=CCN(C(=O)C1N(CCCCCCO)C(=O)[C@@H]2[C@@H](C(=O)OCC)[C@@H]3OC12CC3Br)c1cc(C)ccc1C. The van der Waals surface area contributed by atoms with Gasteiger partial charge in [-0.15, -0.1) is 6.58 Å². The summed E-state index contributed by atoms with van der Waals surface area (Å²) in [7, 11) is 0. The molecular weight excluding hydrogens is 552 g/mol. The maximum Gasteiger partial charge on any atom is 0.312 e. The van der Waals surface area contributed by atoms with E-state index in [1.54, 1.807) is 22.8 Å². The lowest BCUT2D eigenvalue weighted by Crippen LogP contribution is -2.57. The number of unbranched alkanes of at least 4 members (excludes halogenated alkanes) is 3. The van der Waals surface area contributed by atoms with Gasteiger partial charge in [0.05, 0.1) is 24.5 Å². The number of ether oxygens (including phenoxy) is 2. The second-order valence-electron chi connectivity index (χ2n) is 10.6. The Hall–Kier alpha value is -2.23. The van der Waals surface area contributed by atoms with Crippen molar-refractivity contribution in [2.45, 2.75) is 75.4 Å². The molecule has 208 valence electrons. The van der Waals surface area contributed by atoms with Crippen LogP contribution < -0.4 is 4.90 Å². The molecule has 3 saturated heterocycles. The second kappa shape index (κ2) is 11.9. The van der Waals surface area contributed by atoms with Crippen molar-refractivity contribution < 1.29 is 29.0 Å². The van der Waals surface area contributed by atoms with Gasteiger partial charge >= 0.3 is 5.97 Å². The third-order valence-corrected chi connectivity index (χ3v) is 8.97. The Morgan fingerprint density at radius 2 is 2.03 bits per heavy atom. The number of likely N-dealkylation sites (tertiary alicyclic amines) is 1. The lowest BCUT2D eigenvalue weighted by molar-refractivity contribution is -0.154. The molecule has 4 rings (SSSR count). The lowest BCUT2D eigenvalue weighted by atomic mass is 9.70. The number of aryl methyl sites for hydroxylation is 2. The Morgan fingerprint density at radius 3 is 2.71 bits per heavy atom. The Morgan fingerprint density at radius 1 is 1.29 bits per heavy atom. The van der Waals surface area contributed by atoms with Gasteiger partial charge < -0.3 is 24.4 Å². The molecule has 3 fully saturated rings. The van der Waals surface area contributed by atoms with E-state index < -0.39 is 35.6 Å². The topological polar surface area (TPSA) is 96.4 Å². The van der Waals surface area contributed by atoms with E-state index in [0.717, 1.165) is 29.7 Å². The van der Waals surface area contributed by atoms with Gasteiger partial charge in [-0.3, -0.25) is 14.4 Å². The highest BCUT2D eigenvalue weighted by atomic mass is 79.9. The van der Waals surface area contributed by atoms with Crippen LogP contribution in [0.25, 0.3) is 0 Å². The average molecular weight is 592 g/mol. The van der Waals surface area contributed by atoms with E-state index in [4.69, 9.17) is 14.6 Å². The number of hydrogen-bond acceptors (Lipinski definition) is 6. The predicted molar refractivity (Wildman–Crippen MR) is 148 cm³/mol. The molecule has 1 spiro atoms. The third-order valence-electron chi connectivity index (χ3n) is 8.12. The molecule has 0 radical (unpaired) electrons. The van der Waals surface area contributed by atoms with Crippen LogP contribution in [-0.2, 0) is 23.9 Å². The van der Waals surface area contributed by atoms with Crippen LogP contribution in [0.4, 0.5) is 5.69 Å². The monoisotopic (exact) mass is 590 g/mol. The average Bonchev–Trinajstić information content (AvgIpc) is 3.47. The van der Waals surface area contributed by atoms with Gasteiger partial charge in [-0.1, -0.05) is 47.0 Å². The highest BCUT2D eigenvalue weighted by molar-refractivity contribution is 9.09. The van der Waals surface area contributed by atoms with Crippen LogP contribution in [-0.4, -0.2) is 76.7 Å². The first-order valence-electron chi connectivity index (χ1n) is 13.6. The van der Waals surface area contributed by atoms with E-state index >= 15 is 0 Å². The summed E-state index contributed by atoms with van der Waals surface area (Å²) in [6, 6.07) is 5.09. The number of rotatable bonds is 12. The van der Waals surface area contributed by atoms with Crippen molar-refractivity contribution in [2.75, 3.05) is 31.2 Å². The van der Waals surface area contributed by atoms with Crippen LogP contribution in [0.1, 0.15) is 50.2 Å². The summed E-state index contributed by atoms with van der Waals surface area (Å²) in [6.07, 6.45) is 4.66. The first-order chi connectivity index (χ1) is 18.2. The molecule has 3 aliphatic heterocycles. The number of aliphatic hydroxyl groups excluding tert-OH is 1. The molecule has 0 aliphatic carbocycles. The normalized spacial score (nSPS) is 29.4. The van der Waals surface area contributed by atoms with E-state index in [1.165, 1.54) is 0 Å². The van der Waals surface area contributed by atoms with Crippen LogP contribution >= 0.6 is 15.9 Å². The number of amides is 2. The largest absolute Gasteiger partial charge is 0.466 e. The molecule has 8 nitrogen and oxygen atoms in total. The summed E-state index contributed by atoms with van der Waals surface area (Å²) in [4.78, 5) is 44.9. The van der Waals surface area contributed by atoms with E-state index in [1.807, 2.05) is 32.0 Å². The number of carbonyl (C=O) groups excluding carboxylic acids is 3. The predicted octanol–water partition coefficient (Wildman–Crippen LogP) is 3.69. The molecule has 1 aromatic rings. The van der Waals surface area contributed by atoms with Crippen molar-refractivity contribution in [3.8, 4) is 0 Å². The molecule has 3 heterocycles. The molecule has 0 aromatic heterocycles. The first-order valence-corrected chi connectivity index (χ1v) is 14.5. The summed E-state index contributed by atoms with van der Waals surface area (Å²) in [5.74, 6) is -2.42. The van der Waals surface area contributed by atoms with Gasteiger partial charge in [-0.2, -0.15) is 0 Å². The quantitative estimate of drug-likeness (QED) is 0.173. The zero-order valence-corrected chi connectivity index (χ0v) is 24.1. The highest BCUT2D eigenvalue weighted by Gasteiger charge is 2.77. The van der Waals surface area contributed by atoms with E-state index in [2.05, 4.69) is 22.5 Å². The summed E-state index contributed by atoms with van der Waals surface area (Å²) < 4.78 is 11.9. The molecule has 38 heavy (non-hydrogen) atoms. The van der Waals surface area contributed by atoms with Crippen molar-refractivity contribution in [2.24, 2.45) is 11.8 Å². The van der Waals surface area contributed by atoms with Gasteiger partial charge in [-0.25, -0.2) is 0 Å². The number of esters is 1. The fourth-order valence-electron chi connectivity index (χ4n) is 6.50. The van der Waals surface area contributed by atoms with Crippen molar-refractivity contribution in [3.63, 3.8) is 0 Å². The number of nitrogens with zero attached hydrogens (tertiary/aromatic N) is 2. The number of halogens is 1. The van der Waals surface area contributed by atoms with Crippen molar-refractivity contribution in [3.05, 3.63) is 42.0 Å². The van der Waals surface area contributed by atoms with Gasteiger partial charge in [0.1, 0.15) is 11.6 Å². The molecule has 1 N–H and O–H groups in total. The standard InChI is InChI=1S/C29H39BrN2O6/c1-5-13-31(21-16-18(3)11-12-19(21)4)27(35)25-29-17-20(30)24(38-29)22(28(36)37-6-2)23(29)26(34)32(25)14-9-7-8-10-15-33/h5,11-12,16,20,22-25,33H,1,6-10,13-15,17H2,2-4H3/t20?,22-,23+,24-,25?,29?/m1/s1. The molecule has 6 atom stereocenters. The number of hydrogen-bond donors (Lipinski definition) is 1. The van der Waals surface area contributed by atoms with Gasteiger partial charge in [0.2, 0.25) is 5.91 Å². The van der Waals surface area contributed by atoms with Crippen molar-refractivity contribution in [1.29, 1.82) is 0 Å². The minimum Gasteiger partial charge on any atom is -0.466 e. The maximum atomic E-state index is 14.6. The van der Waals surface area contributed by atoms with E-state index in [0.29, 0.717) is 25.8 Å². The van der Waals surface area contributed by atoms with Crippen LogP contribution in [0, 0.1) is 25.7 Å². The summed E-state index contributed by atoms with van der Waals surface area (Å²) in [6.45, 7) is 10.6. The van der Waals surface area contributed by atoms with Gasteiger partial charge in [-0.05, 0) is 57.2 Å². The Balaban J connectivity index is 1.75. The van der Waals surface area contributed by atoms with Crippen LogP contribution in [0.3, 0.4) is 0 Å². The minimum absolute atomic E-state index is 0.129. The summed E-state index contributed by atoms with van der Waals surface area (Å²) in [5.41, 5.74) is 1.62. The van der Waals surface area contributed by atoms with Crippen molar-refractivity contribution in [1.82, 2.24) is 4.90 Å². The van der Waals surface area contributed by atoms with Crippen LogP contribution in [0.15, 0.2) is 30.9 Å².